The van der Waals surface area contributed by atoms with Gasteiger partial charge >= 0.3 is 0 Å². The van der Waals surface area contributed by atoms with Crippen LogP contribution in [-0.2, 0) is 14.8 Å². The van der Waals surface area contributed by atoms with Crippen molar-refractivity contribution in [3.05, 3.63) is 29.8 Å². The number of benzene rings is 1. The molecule has 1 aliphatic heterocycles. The molecule has 0 atom stereocenters. The summed E-state index contributed by atoms with van der Waals surface area (Å²) in [6.07, 6.45) is 0. The van der Waals surface area contributed by atoms with Gasteiger partial charge in [-0.3, -0.25) is 4.90 Å². The van der Waals surface area contributed by atoms with Crippen molar-refractivity contribution < 1.29 is 13.2 Å². The zero-order valence-electron chi connectivity index (χ0n) is 10.4. The van der Waals surface area contributed by atoms with Gasteiger partial charge in [0.1, 0.15) is 0 Å². The van der Waals surface area contributed by atoms with E-state index in [0.717, 1.165) is 18.7 Å². The van der Waals surface area contributed by atoms with Crippen molar-refractivity contribution in [1.82, 2.24) is 9.62 Å². The Kier molecular flexibility index (Phi) is 4.34. The molecular formula is C12H18N2O3S. The van der Waals surface area contributed by atoms with E-state index >= 15 is 0 Å². The van der Waals surface area contributed by atoms with Gasteiger partial charge < -0.3 is 4.74 Å². The van der Waals surface area contributed by atoms with Crippen LogP contribution in [0.3, 0.4) is 0 Å². The van der Waals surface area contributed by atoms with E-state index < -0.39 is 10.0 Å². The number of sulfonamides is 1. The Balaban J connectivity index is 1.96. The number of ether oxygens (including phenoxy) is 1. The Morgan fingerprint density at radius 3 is 2.44 bits per heavy atom. The van der Waals surface area contributed by atoms with E-state index in [1.807, 2.05) is 11.8 Å². The highest BCUT2D eigenvalue weighted by Crippen LogP contribution is 2.09. The van der Waals surface area contributed by atoms with Crippen LogP contribution in [0.5, 0.6) is 0 Å². The molecule has 6 heteroatoms. The first-order chi connectivity index (χ1) is 8.58. The molecule has 1 fully saturated rings. The van der Waals surface area contributed by atoms with E-state index in [0.29, 0.717) is 24.8 Å². The number of nitrogens with zero attached hydrogens (tertiary/aromatic N) is 1. The van der Waals surface area contributed by atoms with Crippen LogP contribution in [0.2, 0.25) is 0 Å². The summed E-state index contributed by atoms with van der Waals surface area (Å²) >= 11 is 0. The Bertz CT molecular complexity index is 479. The highest BCUT2D eigenvalue weighted by atomic mass is 32.2. The normalized spacial score (nSPS) is 17.8. The fourth-order valence-corrected chi connectivity index (χ4v) is 2.75. The maximum absolute atomic E-state index is 12.0. The smallest absolute Gasteiger partial charge is 0.241 e. The second-order valence-electron chi connectivity index (χ2n) is 4.35. The molecule has 0 spiro atoms. The summed E-state index contributed by atoms with van der Waals surface area (Å²) in [4.78, 5) is 2.33. The van der Waals surface area contributed by atoms with Gasteiger partial charge in [0.2, 0.25) is 10.0 Å². The summed E-state index contributed by atoms with van der Waals surface area (Å²) in [5, 5.41) is 0. The minimum atomic E-state index is -3.41. The second-order valence-corrected chi connectivity index (χ2v) is 6.12. The number of rotatable bonds is 4. The third kappa shape index (κ3) is 3.52. The van der Waals surface area contributed by atoms with Crippen LogP contribution in [0.15, 0.2) is 29.2 Å². The van der Waals surface area contributed by atoms with Crippen molar-refractivity contribution >= 4 is 10.0 Å². The van der Waals surface area contributed by atoms with Crippen molar-refractivity contribution in [2.75, 3.05) is 33.0 Å². The molecule has 0 saturated carbocycles. The van der Waals surface area contributed by atoms with Crippen LogP contribution in [0, 0.1) is 6.92 Å². The molecule has 0 aromatic heterocycles. The summed E-state index contributed by atoms with van der Waals surface area (Å²) in [5.74, 6) is 0. The van der Waals surface area contributed by atoms with Crippen LogP contribution in [-0.4, -0.2) is 46.3 Å². The average molecular weight is 270 g/mol. The number of aryl methyl sites for hydroxylation is 1. The third-order valence-electron chi connectivity index (χ3n) is 2.91. The van der Waals surface area contributed by atoms with Gasteiger partial charge in [0.25, 0.3) is 0 Å². The lowest BCUT2D eigenvalue weighted by Gasteiger charge is -2.26. The van der Waals surface area contributed by atoms with Crippen LogP contribution in [0.25, 0.3) is 0 Å². The monoisotopic (exact) mass is 270 g/mol. The highest BCUT2D eigenvalue weighted by molar-refractivity contribution is 7.89. The molecule has 1 aromatic carbocycles. The molecule has 2 rings (SSSR count). The first-order valence-corrected chi connectivity index (χ1v) is 7.43. The van der Waals surface area contributed by atoms with Crippen molar-refractivity contribution in [1.29, 1.82) is 0 Å². The Labute approximate surface area is 108 Å². The quantitative estimate of drug-likeness (QED) is 0.868. The van der Waals surface area contributed by atoms with E-state index in [1.165, 1.54) is 0 Å². The molecule has 0 aliphatic carbocycles. The molecule has 18 heavy (non-hydrogen) atoms. The van der Waals surface area contributed by atoms with Gasteiger partial charge in [0, 0.05) is 13.1 Å². The Morgan fingerprint density at radius 1 is 1.22 bits per heavy atom. The van der Waals surface area contributed by atoms with Gasteiger partial charge in [-0.2, -0.15) is 4.72 Å². The summed E-state index contributed by atoms with van der Waals surface area (Å²) in [7, 11) is -3.41. The summed E-state index contributed by atoms with van der Waals surface area (Å²) < 4.78 is 31.9. The Morgan fingerprint density at radius 2 is 1.83 bits per heavy atom. The zero-order chi connectivity index (χ0) is 13.0. The predicted octanol–water partition coefficient (Wildman–Crippen LogP) is 0.563. The molecule has 0 radical (unpaired) electrons. The van der Waals surface area contributed by atoms with Gasteiger partial charge in [-0.25, -0.2) is 8.42 Å². The lowest BCUT2D eigenvalue weighted by Crippen LogP contribution is -2.43. The van der Waals surface area contributed by atoms with Crippen molar-refractivity contribution in [2.24, 2.45) is 0 Å². The number of hydrogen-bond acceptors (Lipinski definition) is 4. The van der Waals surface area contributed by atoms with Crippen LogP contribution in [0.4, 0.5) is 0 Å². The first-order valence-electron chi connectivity index (χ1n) is 5.94. The minimum absolute atomic E-state index is 0.307. The van der Waals surface area contributed by atoms with Gasteiger partial charge in [0.15, 0.2) is 0 Å². The summed E-state index contributed by atoms with van der Waals surface area (Å²) in [6.45, 7) is 5.10. The van der Waals surface area contributed by atoms with E-state index in [1.54, 1.807) is 24.3 Å². The van der Waals surface area contributed by atoms with Crippen molar-refractivity contribution in [3.8, 4) is 0 Å². The molecule has 0 unspecified atom stereocenters. The van der Waals surface area contributed by atoms with E-state index in [2.05, 4.69) is 4.72 Å². The molecule has 1 saturated heterocycles. The SMILES string of the molecule is Cc1ccc(S(=O)(=O)NCN2CCOCC2)cc1. The fourth-order valence-electron chi connectivity index (χ4n) is 1.74. The fraction of sp³-hybridized carbons (Fsp3) is 0.500. The van der Waals surface area contributed by atoms with Gasteiger partial charge in [-0.05, 0) is 19.1 Å². The number of morpholine rings is 1. The second kappa shape index (κ2) is 5.79. The van der Waals surface area contributed by atoms with Gasteiger partial charge in [-0.1, -0.05) is 17.7 Å². The highest BCUT2D eigenvalue weighted by Gasteiger charge is 2.16. The largest absolute Gasteiger partial charge is 0.379 e. The van der Waals surface area contributed by atoms with E-state index in [9.17, 15) is 8.42 Å². The molecule has 1 aliphatic rings. The molecular weight excluding hydrogens is 252 g/mol. The molecule has 1 N–H and O–H groups in total. The average Bonchev–Trinajstić information content (AvgIpc) is 2.38. The van der Waals surface area contributed by atoms with Gasteiger partial charge in [-0.15, -0.1) is 0 Å². The number of hydrogen-bond donors (Lipinski definition) is 1. The van der Waals surface area contributed by atoms with Gasteiger partial charge in [0.05, 0.1) is 24.8 Å². The summed E-state index contributed by atoms with van der Waals surface area (Å²) in [5.41, 5.74) is 1.04. The molecule has 1 aromatic rings. The molecule has 0 amide bonds. The van der Waals surface area contributed by atoms with E-state index in [-0.39, 0.29) is 0 Å². The lowest BCUT2D eigenvalue weighted by atomic mass is 10.2. The molecule has 5 nitrogen and oxygen atoms in total. The van der Waals surface area contributed by atoms with Crippen LogP contribution in [0.1, 0.15) is 5.56 Å². The predicted molar refractivity (Wildman–Crippen MR) is 68.8 cm³/mol. The lowest BCUT2D eigenvalue weighted by molar-refractivity contribution is 0.0371. The van der Waals surface area contributed by atoms with Crippen molar-refractivity contribution in [2.45, 2.75) is 11.8 Å². The minimum Gasteiger partial charge on any atom is -0.379 e. The maximum atomic E-state index is 12.0. The molecule has 1 heterocycles. The topological polar surface area (TPSA) is 58.6 Å². The van der Waals surface area contributed by atoms with Crippen LogP contribution >= 0.6 is 0 Å². The molecule has 0 bridgehead atoms. The van der Waals surface area contributed by atoms with Crippen LogP contribution < -0.4 is 4.72 Å². The third-order valence-corrected chi connectivity index (χ3v) is 4.32. The summed E-state index contributed by atoms with van der Waals surface area (Å²) in [6, 6.07) is 6.83. The zero-order valence-corrected chi connectivity index (χ0v) is 11.2. The van der Waals surface area contributed by atoms with Crippen molar-refractivity contribution in [3.63, 3.8) is 0 Å². The maximum Gasteiger partial charge on any atom is 0.241 e. The van der Waals surface area contributed by atoms with E-state index in [4.69, 9.17) is 4.74 Å². The Hall–Kier alpha value is -0.950. The number of nitrogens with one attached hydrogen (secondary N) is 1. The standard InChI is InChI=1S/C12H18N2O3S/c1-11-2-4-12(5-3-11)18(15,16)13-10-14-6-8-17-9-7-14/h2-5,13H,6-10H2,1H3. The first kappa shape index (κ1) is 13.5. The molecule has 100 valence electrons.